The standard InChI is InChI=1S/C22H27NO10/c1-9(32-22-18(27)16(25)17(26)19(33-22)21(29)30)20(28)23-6-4-10-8-13(24)11-2-3-14-12(15(10)11)5-7-31-14/h2-3,9-10,16-19,22,25-27H,4-8H2,1H3,(H,23,28)(H,29,30)/t9?,10-,16-,17+,18+,19+,22-/m1/s1. The van der Waals surface area contributed by atoms with Gasteiger partial charge in [0.2, 0.25) is 5.91 Å². The van der Waals surface area contributed by atoms with Crippen LogP contribution in [0.15, 0.2) is 12.1 Å². The molecule has 11 nitrogen and oxygen atoms in total. The zero-order valence-electron chi connectivity index (χ0n) is 18.0. The number of fused-ring (bicyclic) bond motifs is 3. The third-order valence-electron chi connectivity index (χ3n) is 6.38. The van der Waals surface area contributed by atoms with Crippen LogP contribution in [0.4, 0.5) is 0 Å². The van der Waals surface area contributed by atoms with Crippen molar-refractivity contribution in [1.82, 2.24) is 5.32 Å². The van der Waals surface area contributed by atoms with Crippen molar-refractivity contribution in [2.24, 2.45) is 0 Å². The largest absolute Gasteiger partial charge is 0.493 e. The van der Waals surface area contributed by atoms with Crippen LogP contribution < -0.4 is 10.1 Å². The molecule has 7 atom stereocenters. The van der Waals surface area contributed by atoms with E-state index < -0.39 is 48.7 Å². The quantitative estimate of drug-likeness (QED) is 0.340. The van der Waals surface area contributed by atoms with E-state index >= 15 is 0 Å². The molecule has 33 heavy (non-hydrogen) atoms. The van der Waals surface area contributed by atoms with E-state index in [2.05, 4.69) is 5.32 Å². The van der Waals surface area contributed by atoms with E-state index in [0.717, 1.165) is 23.3 Å². The van der Waals surface area contributed by atoms with E-state index in [9.17, 15) is 29.7 Å². The van der Waals surface area contributed by atoms with Crippen molar-refractivity contribution in [2.75, 3.05) is 13.2 Å². The van der Waals surface area contributed by atoms with Crippen LogP contribution in [0.5, 0.6) is 5.75 Å². The average molecular weight is 465 g/mol. The van der Waals surface area contributed by atoms with Gasteiger partial charge in [-0.15, -0.1) is 0 Å². The minimum atomic E-state index is -1.84. The summed E-state index contributed by atoms with van der Waals surface area (Å²) in [5.41, 5.74) is 2.77. The zero-order valence-corrected chi connectivity index (χ0v) is 18.0. The fourth-order valence-corrected chi connectivity index (χ4v) is 4.63. The predicted octanol–water partition coefficient (Wildman–Crippen LogP) is -0.905. The molecule has 2 aliphatic heterocycles. The molecule has 0 radical (unpaired) electrons. The maximum absolute atomic E-state index is 12.5. The summed E-state index contributed by atoms with van der Waals surface area (Å²) in [5, 5.41) is 41.4. The Labute approximate surface area is 189 Å². The Hall–Kier alpha value is -2.57. The number of aliphatic hydroxyl groups excluding tert-OH is 3. The van der Waals surface area contributed by atoms with Crippen LogP contribution in [-0.4, -0.2) is 88.0 Å². The second-order valence-corrected chi connectivity index (χ2v) is 8.52. The maximum atomic E-state index is 12.5. The highest BCUT2D eigenvalue weighted by Gasteiger charge is 2.48. The summed E-state index contributed by atoms with van der Waals surface area (Å²) in [4.78, 5) is 36.0. The van der Waals surface area contributed by atoms with Crippen LogP contribution >= 0.6 is 0 Å². The van der Waals surface area contributed by atoms with Crippen molar-refractivity contribution >= 4 is 17.7 Å². The molecule has 180 valence electrons. The summed E-state index contributed by atoms with van der Waals surface area (Å²) in [6.45, 7) is 2.24. The number of amides is 1. The first kappa shape index (κ1) is 23.6. The van der Waals surface area contributed by atoms with E-state index in [1.165, 1.54) is 6.92 Å². The Morgan fingerprint density at radius 3 is 2.70 bits per heavy atom. The smallest absolute Gasteiger partial charge is 0.335 e. The molecule has 1 amide bonds. The third kappa shape index (κ3) is 4.46. The summed E-state index contributed by atoms with van der Waals surface area (Å²) in [7, 11) is 0. The molecule has 3 aliphatic rings. The molecular weight excluding hydrogens is 438 g/mol. The average Bonchev–Trinajstić information content (AvgIpc) is 3.38. The Bertz CT molecular complexity index is 949. The van der Waals surface area contributed by atoms with Crippen LogP contribution in [0.1, 0.15) is 47.2 Å². The second kappa shape index (κ2) is 9.35. The molecule has 4 rings (SSSR count). The molecule has 0 bridgehead atoms. The number of rotatable bonds is 7. The maximum Gasteiger partial charge on any atom is 0.335 e. The van der Waals surface area contributed by atoms with Crippen LogP contribution in [0, 0.1) is 0 Å². The Morgan fingerprint density at radius 1 is 1.21 bits per heavy atom. The lowest BCUT2D eigenvalue weighted by Gasteiger charge is -2.39. The monoisotopic (exact) mass is 465 g/mol. The Balaban J connectivity index is 1.32. The summed E-state index contributed by atoms with van der Waals surface area (Å²) in [5.74, 6) is -1.23. The molecule has 1 fully saturated rings. The van der Waals surface area contributed by atoms with Crippen molar-refractivity contribution in [3.63, 3.8) is 0 Å². The molecule has 1 aromatic rings. The van der Waals surface area contributed by atoms with E-state index in [1.807, 2.05) is 6.07 Å². The summed E-state index contributed by atoms with van der Waals surface area (Å²) in [6.07, 6.45) is -8.32. The molecule has 1 saturated heterocycles. The van der Waals surface area contributed by atoms with Gasteiger partial charge >= 0.3 is 5.97 Å². The summed E-state index contributed by atoms with van der Waals surface area (Å²) < 4.78 is 16.0. The van der Waals surface area contributed by atoms with Crippen LogP contribution in [0.2, 0.25) is 0 Å². The number of hydrogen-bond acceptors (Lipinski definition) is 9. The van der Waals surface area contributed by atoms with Gasteiger partial charge in [0.05, 0.1) is 6.61 Å². The lowest BCUT2D eigenvalue weighted by molar-refractivity contribution is -0.300. The SMILES string of the molecule is CC(O[C@@H]1O[C@H](C(=O)O)[C@@H](O)[C@@H](O)[C@@H]1O)C(=O)NCC[C@@H]1CC(=O)c2ccc3c(c21)CCO3. The van der Waals surface area contributed by atoms with E-state index in [-0.39, 0.29) is 18.2 Å². The second-order valence-electron chi connectivity index (χ2n) is 8.52. The van der Waals surface area contributed by atoms with Gasteiger partial charge < -0.3 is 40.0 Å². The first-order chi connectivity index (χ1) is 15.7. The van der Waals surface area contributed by atoms with E-state index in [0.29, 0.717) is 25.0 Å². The van der Waals surface area contributed by atoms with Crippen LogP contribution in [-0.2, 0) is 25.5 Å². The molecule has 0 spiro atoms. The first-order valence-corrected chi connectivity index (χ1v) is 10.9. The molecule has 1 unspecified atom stereocenters. The minimum absolute atomic E-state index is 0.0304. The lowest BCUT2D eigenvalue weighted by Crippen LogP contribution is -2.61. The van der Waals surface area contributed by atoms with Crippen molar-refractivity contribution in [3.8, 4) is 5.75 Å². The van der Waals surface area contributed by atoms with Crippen molar-refractivity contribution in [1.29, 1.82) is 0 Å². The number of carboxylic acids is 1. The molecule has 0 saturated carbocycles. The van der Waals surface area contributed by atoms with Gasteiger partial charge in [0.15, 0.2) is 18.2 Å². The van der Waals surface area contributed by atoms with E-state index in [1.54, 1.807) is 6.07 Å². The topological polar surface area (TPSA) is 172 Å². The molecule has 1 aromatic carbocycles. The van der Waals surface area contributed by atoms with Crippen molar-refractivity contribution in [3.05, 3.63) is 28.8 Å². The van der Waals surface area contributed by atoms with Gasteiger partial charge in [0.25, 0.3) is 0 Å². The molecule has 11 heteroatoms. The van der Waals surface area contributed by atoms with Crippen molar-refractivity contribution < 1.29 is 49.0 Å². The number of aliphatic hydroxyl groups is 3. The predicted molar refractivity (Wildman–Crippen MR) is 110 cm³/mol. The number of carbonyl (C=O) groups excluding carboxylic acids is 2. The number of carbonyl (C=O) groups is 3. The Morgan fingerprint density at radius 2 is 1.97 bits per heavy atom. The number of hydrogen-bond donors (Lipinski definition) is 5. The highest BCUT2D eigenvalue weighted by Crippen LogP contribution is 2.43. The fourth-order valence-electron chi connectivity index (χ4n) is 4.63. The number of carboxylic acid groups (broad SMARTS) is 1. The van der Waals surface area contributed by atoms with E-state index in [4.69, 9.17) is 19.3 Å². The number of ketones is 1. The summed E-state index contributed by atoms with van der Waals surface area (Å²) in [6, 6.07) is 3.62. The highest BCUT2D eigenvalue weighted by molar-refractivity contribution is 6.02. The van der Waals surface area contributed by atoms with Gasteiger partial charge in [-0.25, -0.2) is 4.79 Å². The number of ether oxygens (including phenoxy) is 3. The fraction of sp³-hybridized carbons (Fsp3) is 0.591. The van der Waals surface area contributed by atoms with Crippen LogP contribution in [0.25, 0.3) is 0 Å². The van der Waals surface area contributed by atoms with Gasteiger partial charge in [0.1, 0.15) is 30.2 Å². The lowest BCUT2D eigenvalue weighted by atomic mass is 9.92. The molecule has 0 aromatic heterocycles. The zero-order chi connectivity index (χ0) is 23.9. The number of aliphatic carboxylic acids is 1. The third-order valence-corrected chi connectivity index (χ3v) is 6.38. The van der Waals surface area contributed by atoms with Gasteiger partial charge in [-0.05, 0) is 37.0 Å². The van der Waals surface area contributed by atoms with Gasteiger partial charge in [-0.1, -0.05) is 0 Å². The van der Waals surface area contributed by atoms with Crippen LogP contribution in [0.3, 0.4) is 0 Å². The highest BCUT2D eigenvalue weighted by atomic mass is 16.7. The van der Waals surface area contributed by atoms with Gasteiger partial charge in [-0.3, -0.25) is 9.59 Å². The number of benzene rings is 1. The molecular formula is C22H27NO10. The number of Topliss-reactive ketones (excluding diaryl/α,β-unsaturated/α-hetero) is 1. The minimum Gasteiger partial charge on any atom is -0.493 e. The first-order valence-electron chi connectivity index (χ1n) is 10.9. The summed E-state index contributed by atoms with van der Waals surface area (Å²) >= 11 is 0. The Kier molecular flexibility index (Phi) is 6.68. The normalized spacial score (nSPS) is 31.5. The van der Waals surface area contributed by atoms with Gasteiger partial charge in [-0.2, -0.15) is 0 Å². The number of nitrogens with one attached hydrogen (secondary N) is 1. The molecule has 2 heterocycles. The molecule has 5 N–H and O–H groups in total. The van der Waals surface area contributed by atoms with Gasteiger partial charge in [0, 0.05) is 30.5 Å². The molecule has 1 aliphatic carbocycles. The van der Waals surface area contributed by atoms with Crippen molar-refractivity contribution in [2.45, 2.75) is 68.9 Å².